The summed E-state index contributed by atoms with van der Waals surface area (Å²) in [5.41, 5.74) is 4.54. The maximum atomic E-state index is 16.7. The van der Waals surface area contributed by atoms with Gasteiger partial charge in [-0.1, -0.05) is 146 Å². The van der Waals surface area contributed by atoms with Crippen molar-refractivity contribution >= 4 is 66.4 Å². The highest BCUT2D eigenvalue weighted by Gasteiger charge is 2.46. The van der Waals surface area contributed by atoms with E-state index in [2.05, 4.69) is 6.08 Å². The molecule has 72 heavy (non-hydrogen) atoms. The molecule has 0 bridgehead atoms. The summed E-state index contributed by atoms with van der Waals surface area (Å²) in [6, 6.07) is 50.2. The van der Waals surface area contributed by atoms with Crippen molar-refractivity contribution in [3.05, 3.63) is 240 Å². The quantitative estimate of drug-likeness (QED) is 0.160. The molecule has 14 rings (SSSR count). The summed E-state index contributed by atoms with van der Waals surface area (Å²) in [7, 11) is 0. The number of fused-ring (bicyclic) bond motifs is 12. The zero-order valence-corrected chi connectivity index (χ0v) is 38.2. The van der Waals surface area contributed by atoms with Gasteiger partial charge in [-0.3, -0.25) is 0 Å². The average Bonchev–Trinajstić information content (AvgIpc) is 4.13. The van der Waals surface area contributed by atoms with Gasteiger partial charge in [0, 0.05) is 50.5 Å². The summed E-state index contributed by atoms with van der Waals surface area (Å²) in [6.45, 7) is 0. The highest BCUT2D eigenvalue weighted by molar-refractivity contribution is 6.11. The Morgan fingerprint density at radius 3 is 1.51 bits per heavy atom. The van der Waals surface area contributed by atoms with Gasteiger partial charge in [-0.2, -0.15) is 26.3 Å². The number of hydrogen-bond acceptors (Lipinski definition) is 2. The van der Waals surface area contributed by atoms with Crippen LogP contribution in [0.25, 0.3) is 66.1 Å². The number of alkyl halides is 6. The Labute approximate surface area is 409 Å². The molecule has 4 nitrogen and oxygen atoms in total. The van der Waals surface area contributed by atoms with Crippen LogP contribution in [0, 0.1) is 0 Å². The van der Waals surface area contributed by atoms with Gasteiger partial charge in [-0.15, -0.1) is 0 Å². The SMILES string of the molecule is FC(F)(F)c1cc(-c2cc(N3C4=CC=CCC4c4ccccc43)c(-n3c4ccccc4c4ccccc43)c(C(F)(F)F)c2)cc(-n2c3ccccc3c3ccccc32)c1N1c2ccccc2C2C=CC=CC21. The Morgan fingerprint density at radius 2 is 0.917 bits per heavy atom. The van der Waals surface area contributed by atoms with Crippen LogP contribution in [-0.2, 0) is 12.4 Å². The topological polar surface area (TPSA) is 16.3 Å². The lowest BCUT2D eigenvalue weighted by atomic mass is 9.91. The molecule has 350 valence electrons. The second-order valence-corrected chi connectivity index (χ2v) is 18.9. The largest absolute Gasteiger partial charge is 0.418 e. The van der Waals surface area contributed by atoms with E-state index in [1.165, 1.54) is 0 Å². The molecule has 8 aromatic carbocycles. The van der Waals surface area contributed by atoms with Crippen LogP contribution in [0.5, 0.6) is 0 Å². The molecular weight excluding hydrogens is 915 g/mol. The highest BCUT2D eigenvalue weighted by atomic mass is 19.4. The fourth-order valence-corrected chi connectivity index (χ4v) is 12.3. The average molecular weight is 955 g/mol. The van der Waals surface area contributed by atoms with Crippen LogP contribution in [0.1, 0.15) is 40.5 Å². The molecule has 0 saturated heterocycles. The Bertz CT molecular complexity index is 3940. The van der Waals surface area contributed by atoms with Gasteiger partial charge in [-0.25, -0.2) is 0 Å². The Balaban J connectivity index is 1.14. The monoisotopic (exact) mass is 954 g/mol. The van der Waals surface area contributed by atoms with Gasteiger partial charge >= 0.3 is 12.4 Å². The van der Waals surface area contributed by atoms with Crippen LogP contribution in [0.15, 0.2) is 218 Å². The van der Waals surface area contributed by atoms with Crippen LogP contribution >= 0.6 is 0 Å². The number of halogens is 6. The van der Waals surface area contributed by atoms with Gasteiger partial charge in [0.15, 0.2) is 0 Å². The van der Waals surface area contributed by atoms with Gasteiger partial charge in [0.05, 0.1) is 62.0 Å². The molecule has 2 aliphatic carbocycles. The van der Waals surface area contributed by atoms with E-state index in [1.54, 1.807) is 21.6 Å². The van der Waals surface area contributed by atoms with E-state index in [1.807, 2.05) is 192 Å². The summed E-state index contributed by atoms with van der Waals surface area (Å²) < 4.78 is 104. The van der Waals surface area contributed by atoms with E-state index in [0.717, 1.165) is 50.5 Å². The maximum absolute atomic E-state index is 16.7. The zero-order valence-electron chi connectivity index (χ0n) is 38.2. The first kappa shape index (κ1) is 42.4. The first-order valence-corrected chi connectivity index (χ1v) is 24.0. The van der Waals surface area contributed by atoms with Gasteiger partial charge in [0.1, 0.15) is 0 Å². The smallest absolute Gasteiger partial charge is 0.331 e. The van der Waals surface area contributed by atoms with Crippen LogP contribution in [0.3, 0.4) is 0 Å². The van der Waals surface area contributed by atoms with Crippen LogP contribution in [-0.4, -0.2) is 15.2 Å². The summed E-state index contributed by atoms with van der Waals surface area (Å²) >= 11 is 0. The second kappa shape index (κ2) is 15.5. The van der Waals surface area contributed by atoms with E-state index < -0.39 is 29.5 Å². The molecule has 0 radical (unpaired) electrons. The molecular formula is C62H40F6N4. The van der Waals surface area contributed by atoms with E-state index in [-0.39, 0.29) is 45.7 Å². The van der Waals surface area contributed by atoms with Crippen molar-refractivity contribution in [2.45, 2.75) is 36.7 Å². The summed E-state index contributed by atoms with van der Waals surface area (Å²) in [5.74, 6) is -0.414. The number of aromatic nitrogens is 2. The third-order valence-corrected chi connectivity index (χ3v) is 15.1. The zero-order chi connectivity index (χ0) is 48.6. The fraction of sp³-hybridized carbons (Fsp3) is 0.0968. The first-order valence-electron chi connectivity index (χ1n) is 24.0. The molecule has 0 spiro atoms. The molecule has 10 aromatic rings. The predicted octanol–water partition coefficient (Wildman–Crippen LogP) is 17.4. The third-order valence-electron chi connectivity index (χ3n) is 15.1. The molecule has 4 aliphatic rings. The first-order chi connectivity index (χ1) is 35.0. The Kier molecular flexibility index (Phi) is 9.12. The van der Waals surface area contributed by atoms with Crippen molar-refractivity contribution in [1.82, 2.24) is 9.13 Å². The third kappa shape index (κ3) is 6.14. The Morgan fingerprint density at radius 1 is 0.431 bits per heavy atom. The number of benzene rings is 8. The van der Waals surface area contributed by atoms with Crippen molar-refractivity contribution in [3.8, 4) is 22.5 Å². The highest BCUT2D eigenvalue weighted by Crippen LogP contribution is 2.57. The summed E-state index contributed by atoms with van der Waals surface area (Å²) in [5, 5.41) is 3.19. The Hall–Kier alpha value is -8.50. The van der Waals surface area contributed by atoms with Gasteiger partial charge in [0.25, 0.3) is 0 Å². The summed E-state index contributed by atoms with van der Waals surface area (Å²) in [4.78, 5) is 3.69. The number of hydrogen-bond donors (Lipinski definition) is 0. The van der Waals surface area contributed by atoms with Crippen molar-refractivity contribution in [2.24, 2.45) is 0 Å². The lowest BCUT2D eigenvalue weighted by molar-refractivity contribution is -0.138. The number of allylic oxidation sites excluding steroid dienone is 6. The van der Waals surface area contributed by atoms with Crippen molar-refractivity contribution in [2.75, 3.05) is 9.80 Å². The minimum atomic E-state index is -4.98. The van der Waals surface area contributed by atoms with E-state index in [4.69, 9.17) is 0 Å². The molecule has 4 heterocycles. The van der Waals surface area contributed by atoms with Crippen LogP contribution in [0.2, 0.25) is 0 Å². The number of rotatable bonds is 5. The van der Waals surface area contributed by atoms with E-state index in [9.17, 15) is 0 Å². The van der Waals surface area contributed by atoms with Crippen molar-refractivity contribution in [1.29, 1.82) is 0 Å². The minimum Gasteiger partial charge on any atom is -0.331 e. The van der Waals surface area contributed by atoms with Crippen LogP contribution in [0.4, 0.5) is 49.1 Å². The standard InChI is InChI=1S/C62H40F6N4/c63-61(64,65)47-33-37(35-57(69-49-25-9-1-17-39(49)40-18-2-10-26-50(40)69)59(47)71-53-29-13-5-21-43(53)44-22-6-14-30-54(44)71)38-34-48(62(66,67)68)60(72-55-31-15-7-23-45(55)46-24-8-16-32-56(46)72)58(36-38)70-51-27-11-3-19-41(51)42-20-4-12-28-52(42)70/h1-19,21-36,42-43,53H,20H2. The van der Waals surface area contributed by atoms with Crippen molar-refractivity contribution < 1.29 is 26.3 Å². The minimum absolute atomic E-state index is 0.0195. The molecule has 2 aliphatic heterocycles. The lowest BCUT2D eigenvalue weighted by Gasteiger charge is -2.34. The molecule has 3 unspecified atom stereocenters. The molecule has 10 heteroatoms. The molecule has 0 N–H and O–H groups in total. The van der Waals surface area contributed by atoms with Gasteiger partial charge in [-0.05, 0) is 95.4 Å². The second-order valence-electron chi connectivity index (χ2n) is 18.9. The van der Waals surface area contributed by atoms with E-state index >= 15 is 26.3 Å². The van der Waals surface area contributed by atoms with Gasteiger partial charge < -0.3 is 18.9 Å². The van der Waals surface area contributed by atoms with Crippen LogP contribution < -0.4 is 9.80 Å². The number of nitrogens with zero attached hydrogens (tertiary/aromatic N) is 4. The number of para-hydroxylation sites is 6. The molecule has 3 atom stereocenters. The fourth-order valence-electron chi connectivity index (χ4n) is 12.3. The molecule has 0 fully saturated rings. The van der Waals surface area contributed by atoms with E-state index in [0.29, 0.717) is 39.9 Å². The normalized spacial score (nSPS) is 18.1. The summed E-state index contributed by atoms with van der Waals surface area (Å²) in [6.07, 6.45) is 4.31. The predicted molar refractivity (Wildman–Crippen MR) is 277 cm³/mol. The maximum Gasteiger partial charge on any atom is 0.418 e. The molecule has 2 aromatic heterocycles. The molecule has 0 amide bonds. The molecule has 0 saturated carbocycles. The number of anilines is 4. The van der Waals surface area contributed by atoms with Gasteiger partial charge in [0.2, 0.25) is 0 Å². The van der Waals surface area contributed by atoms with Crippen molar-refractivity contribution in [3.63, 3.8) is 0 Å². The lowest BCUT2D eigenvalue weighted by Crippen LogP contribution is -2.31.